The summed E-state index contributed by atoms with van der Waals surface area (Å²) in [5.74, 6) is 0.393. The number of aryl methyl sites for hydroxylation is 2. The molecule has 1 amide bonds. The normalized spacial score (nSPS) is 23.1. The topological polar surface area (TPSA) is 86.2 Å². The lowest BCUT2D eigenvalue weighted by Crippen LogP contribution is -2.49. The molecule has 7 rings (SSSR count). The van der Waals surface area contributed by atoms with Gasteiger partial charge < -0.3 is 19.6 Å². The van der Waals surface area contributed by atoms with Gasteiger partial charge in [-0.3, -0.25) is 9.69 Å². The zero-order valence-corrected chi connectivity index (χ0v) is 25.2. The Labute approximate surface area is 250 Å². The quantitative estimate of drug-likeness (QED) is 0.383. The van der Waals surface area contributed by atoms with E-state index in [1.807, 2.05) is 17.9 Å². The van der Waals surface area contributed by atoms with E-state index in [1.165, 1.54) is 11.1 Å². The number of carboxylic acids is 1. The first-order valence-corrected chi connectivity index (χ1v) is 15.6. The molecule has 42 heavy (non-hydrogen) atoms. The molecule has 1 N–H and O–H groups in total. The molecule has 0 radical (unpaired) electrons. The molecule has 9 heteroatoms. The fraction of sp³-hybridized carbons (Fsp3) is 0.424. The van der Waals surface area contributed by atoms with Gasteiger partial charge in [0.1, 0.15) is 12.4 Å². The van der Waals surface area contributed by atoms with E-state index in [0.717, 1.165) is 84.5 Å². The number of hydrogen-bond donors (Lipinski definition) is 1. The van der Waals surface area contributed by atoms with Crippen molar-refractivity contribution in [3.63, 3.8) is 0 Å². The standard InChI is InChI=1S/C33H36N4O4S/c1-4-36-10-9-35(16-29(36)38)14-22-6-7-23(21(3)12-22)17-41-28-8-5-20(2)11-24(28)27-18-42-32(34-27)37-15-26-30(31(39)40)25-13-33(25,26)19-37/h5-8,11-12,18,26H,4,9-10,13-17,19H2,1-3H3,(H,39,40). The number of anilines is 1. The molecule has 3 fully saturated rings. The van der Waals surface area contributed by atoms with Crippen molar-refractivity contribution in [1.82, 2.24) is 14.8 Å². The maximum Gasteiger partial charge on any atom is 0.331 e. The second-order valence-corrected chi connectivity index (χ2v) is 13.0. The van der Waals surface area contributed by atoms with Crippen LogP contribution in [0.3, 0.4) is 0 Å². The van der Waals surface area contributed by atoms with Gasteiger partial charge in [-0.25, -0.2) is 9.78 Å². The molecule has 2 aromatic carbocycles. The Morgan fingerprint density at radius 3 is 2.81 bits per heavy atom. The van der Waals surface area contributed by atoms with Crippen LogP contribution < -0.4 is 9.64 Å². The van der Waals surface area contributed by atoms with Gasteiger partial charge >= 0.3 is 5.97 Å². The third kappa shape index (κ3) is 4.59. The fourth-order valence-corrected chi connectivity index (χ4v) is 7.95. The minimum atomic E-state index is -0.752. The van der Waals surface area contributed by atoms with Gasteiger partial charge in [0.2, 0.25) is 5.91 Å². The lowest BCUT2D eigenvalue weighted by molar-refractivity contribution is -0.136. The Hall–Kier alpha value is -3.69. The molecule has 4 aliphatic rings. The van der Waals surface area contributed by atoms with Crippen LogP contribution in [-0.4, -0.2) is 71.0 Å². The van der Waals surface area contributed by atoms with E-state index in [4.69, 9.17) is 9.72 Å². The Balaban J connectivity index is 1.02. The van der Waals surface area contributed by atoms with Crippen LogP contribution in [0.4, 0.5) is 5.13 Å². The third-order valence-corrected chi connectivity index (χ3v) is 10.5. The molecule has 8 nitrogen and oxygen atoms in total. The Morgan fingerprint density at radius 1 is 1.19 bits per heavy atom. The van der Waals surface area contributed by atoms with Crippen molar-refractivity contribution in [3.05, 3.63) is 75.2 Å². The van der Waals surface area contributed by atoms with Crippen molar-refractivity contribution < 1.29 is 19.4 Å². The molecular formula is C33H36N4O4S. The number of benzene rings is 2. The monoisotopic (exact) mass is 584 g/mol. The van der Waals surface area contributed by atoms with Gasteiger partial charge in [0, 0.05) is 67.1 Å². The second-order valence-electron chi connectivity index (χ2n) is 12.2. The molecule has 2 aliphatic carbocycles. The van der Waals surface area contributed by atoms with E-state index in [-0.39, 0.29) is 17.2 Å². The number of likely N-dealkylation sites (N-methyl/N-ethyl adjacent to an activating group) is 1. The molecule has 2 aliphatic heterocycles. The van der Waals surface area contributed by atoms with E-state index in [1.54, 1.807) is 11.3 Å². The Kier molecular flexibility index (Phi) is 6.62. The van der Waals surface area contributed by atoms with Crippen LogP contribution in [0.25, 0.3) is 11.3 Å². The van der Waals surface area contributed by atoms with E-state index < -0.39 is 5.97 Å². The van der Waals surface area contributed by atoms with Crippen LogP contribution in [0, 0.1) is 25.2 Å². The maximum absolute atomic E-state index is 12.3. The minimum absolute atomic E-state index is 0.103. The molecule has 2 atom stereocenters. The van der Waals surface area contributed by atoms with Crippen molar-refractivity contribution in [2.75, 3.05) is 44.2 Å². The first-order valence-electron chi connectivity index (χ1n) is 14.8. The zero-order valence-electron chi connectivity index (χ0n) is 24.4. The summed E-state index contributed by atoms with van der Waals surface area (Å²) in [5, 5.41) is 12.6. The first kappa shape index (κ1) is 27.2. The molecule has 1 saturated carbocycles. The highest BCUT2D eigenvalue weighted by atomic mass is 32.1. The summed E-state index contributed by atoms with van der Waals surface area (Å²) < 4.78 is 6.40. The lowest BCUT2D eigenvalue weighted by Gasteiger charge is -2.33. The number of ether oxygens (including phenoxy) is 1. The number of rotatable bonds is 9. The average molecular weight is 585 g/mol. The predicted octanol–water partition coefficient (Wildman–Crippen LogP) is 4.89. The number of nitrogens with zero attached hydrogens (tertiary/aromatic N) is 4. The smallest absolute Gasteiger partial charge is 0.331 e. The number of hydrogen-bond acceptors (Lipinski definition) is 7. The summed E-state index contributed by atoms with van der Waals surface area (Å²) in [6, 6.07) is 12.7. The molecule has 3 aromatic rings. The number of aromatic nitrogens is 1. The maximum atomic E-state index is 12.3. The van der Waals surface area contributed by atoms with E-state index in [2.05, 4.69) is 59.4 Å². The van der Waals surface area contributed by atoms with Gasteiger partial charge in [0.05, 0.1) is 12.2 Å². The summed E-state index contributed by atoms with van der Waals surface area (Å²) in [6.45, 7) is 12.0. The van der Waals surface area contributed by atoms with Crippen LogP contribution in [0.1, 0.15) is 35.6 Å². The molecule has 1 spiro atoms. The number of carbonyl (C=O) groups is 2. The first-order chi connectivity index (χ1) is 20.3. The lowest BCUT2D eigenvalue weighted by atomic mass is 9.76. The van der Waals surface area contributed by atoms with Crippen LogP contribution in [0.2, 0.25) is 0 Å². The number of aliphatic carboxylic acids is 1. The zero-order chi connectivity index (χ0) is 29.2. The summed E-state index contributed by atoms with van der Waals surface area (Å²) in [5.41, 5.74) is 8.42. The van der Waals surface area contributed by atoms with Crippen molar-refractivity contribution in [2.24, 2.45) is 11.3 Å². The van der Waals surface area contributed by atoms with Crippen LogP contribution in [0.15, 0.2) is 52.9 Å². The molecule has 1 aromatic heterocycles. The molecule has 3 heterocycles. The summed E-state index contributed by atoms with van der Waals surface area (Å²) in [4.78, 5) is 35.4. The number of amides is 1. The number of thiazole rings is 1. The van der Waals surface area contributed by atoms with Crippen LogP contribution in [0.5, 0.6) is 5.75 Å². The third-order valence-electron chi connectivity index (χ3n) is 9.56. The second kappa shape index (κ2) is 10.2. The summed E-state index contributed by atoms with van der Waals surface area (Å²) in [6.07, 6.45) is 0.930. The fourth-order valence-electron chi connectivity index (χ4n) is 7.12. The molecule has 0 bridgehead atoms. The molecule has 218 valence electrons. The number of carbonyl (C=O) groups excluding carboxylic acids is 1. The molecule has 2 saturated heterocycles. The Bertz CT molecular complexity index is 1630. The SMILES string of the molecule is CCN1CCN(Cc2ccc(COc3ccc(C)cc3-c3csc(N4CC5C(C(=O)O)=C6CC65C4)n3)c(C)c2)CC1=O. The summed E-state index contributed by atoms with van der Waals surface area (Å²) in [7, 11) is 0. The van der Waals surface area contributed by atoms with Crippen LogP contribution in [-0.2, 0) is 22.7 Å². The van der Waals surface area contributed by atoms with Crippen molar-refractivity contribution in [1.29, 1.82) is 0 Å². The van der Waals surface area contributed by atoms with Crippen molar-refractivity contribution in [3.8, 4) is 17.0 Å². The molecular weight excluding hydrogens is 548 g/mol. The average Bonchev–Trinajstić information content (AvgIpc) is 3.22. The van der Waals surface area contributed by atoms with Gasteiger partial charge in [-0.2, -0.15) is 0 Å². The van der Waals surface area contributed by atoms with E-state index >= 15 is 0 Å². The van der Waals surface area contributed by atoms with Gasteiger partial charge in [0.25, 0.3) is 0 Å². The largest absolute Gasteiger partial charge is 0.488 e. The van der Waals surface area contributed by atoms with E-state index in [9.17, 15) is 14.7 Å². The highest BCUT2D eigenvalue weighted by Gasteiger charge is 2.70. The Morgan fingerprint density at radius 2 is 2.05 bits per heavy atom. The number of piperazine rings is 1. The van der Waals surface area contributed by atoms with Gasteiger partial charge in [-0.05, 0) is 61.6 Å². The van der Waals surface area contributed by atoms with Gasteiger partial charge in [-0.15, -0.1) is 11.3 Å². The van der Waals surface area contributed by atoms with E-state index in [0.29, 0.717) is 18.7 Å². The highest BCUT2D eigenvalue weighted by Crippen LogP contribution is 2.73. The molecule has 2 unspecified atom stereocenters. The van der Waals surface area contributed by atoms with Gasteiger partial charge in [0.15, 0.2) is 5.13 Å². The van der Waals surface area contributed by atoms with Gasteiger partial charge in [-0.1, -0.05) is 29.8 Å². The summed E-state index contributed by atoms with van der Waals surface area (Å²) >= 11 is 1.61. The van der Waals surface area contributed by atoms with Crippen molar-refractivity contribution >= 4 is 28.3 Å². The number of carboxylic acid groups (broad SMARTS) is 1. The van der Waals surface area contributed by atoms with Crippen LogP contribution >= 0.6 is 11.3 Å². The predicted molar refractivity (Wildman–Crippen MR) is 163 cm³/mol. The highest BCUT2D eigenvalue weighted by molar-refractivity contribution is 7.14. The minimum Gasteiger partial charge on any atom is -0.488 e. The van der Waals surface area contributed by atoms with Crippen molar-refractivity contribution in [2.45, 2.75) is 40.3 Å².